The number of rotatable bonds is 39. The van der Waals surface area contributed by atoms with E-state index in [9.17, 15) is 14.4 Å². The predicted molar refractivity (Wildman–Crippen MR) is 231 cm³/mol. The lowest BCUT2D eigenvalue weighted by atomic mass is 10.1. The minimum absolute atomic E-state index is 0.0589. The zero-order valence-electron chi connectivity index (χ0n) is 35.4. The maximum atomic E-state index is 13.5. The average molecular weight is 776 g/mol. The van der Waals surface area contributed by atoms with Gasteiger partial charge >= 0.3 is 5.97 Å². The number of nitrogens with one attached hydrogen (secondary N) is 3. The fourth-order valence-corrected chi connectivity index (χ4v) is 6.49. The summed E-state index contributed by atoms with van der Waals surface area (Å²) in [5.41, 5.74) is 17.7. The van der Waals surface area contributed by atoms with Crippen LogP contribution in [0.4, 0.5) is 0 Å². The highest BCUT2D eigenvalue weighted by Crippen LogP contribution is 2.13. The number of nitrogens with zero attached hydrogens (tertiary/aromatic N) is 1. The fourth-order valence-electron chi connectivity index (χ4n) is 6.49. The molecule has 2 amide bonds. The number of carbonyl (C=O) groups excluding carboxylic acids is 3. The highest BCUT2D eigenvalue weighted by Gasteiger charge is 2.20. The molecule has 2 atom stereocenters. The zero-order valence-corrected chi connectivity index (χ0v) is 35.4. The first-order valence-electron chi connectivity index (χ1n) is 22.3. The van der Waals surface area contributed by atoms with E-state index in [2.05, 4.69) is 41.9 Å². The van der Waals surface area contributed by atoms with Gasteiger partial charge < -0.3 is 37.5 Å². The molecule has 9 N–H and O–H groups in total. The molecule has 0 aliphatic rings. The van der Waals surface area contributed by atoms with Crippen LogP contribution in [0.1, 0.15) is 187 Å². The molecule has 0 aromatic heterocycles. The first kappa shape index (κ1) is 52.1. The van der Waals surface area contributed by atoms with E-state index in [1.807, 2.05) is 11.8 Å². The number of ether oxygens (including phenoxy) is 1. The molecule has 55 heavy (non-hydrogen) atoms. The topological polar surface area (TPSA) is 190 Å². The van der Waals surface area contributed by atoms with Gasteiger partial charge in [0.25, 0.3) is 0 Å². The van der Waals surface area contributed by atoms with Gasteiger partial charge in [-0.25, -0.2) is 0 Å². The van der Waals surface area contributed by atoms with E-state index in [0.29, 0.717) is 45.4 Å². The van der Waals surface area contributed by atoms with E-state index in [1.54, 1.807) is 0 Å². The minimum Gasteiger partial charge on any atom is -0.466 e. The highest BCUT2D eigenvalue weighted by atomic mass is 16.5. The van der Waals surface area contributed by atoms with Gasteiger partial charge in [-0.15, -0.1) is 0 Å². The molecule has 320 valence electrons. The van der Waals surface area contributed by atoms with Crippen molar-refractivity contribution in [2.45, 2.75) is 199 Å². The Hall–Kier alpha value is -2.92. The van der Waals surface area contributed by atoms with E-state index in [0.717, 1.165) is 77.3 Å². The third-order valence-electron chi connectivity index (χ3n) is 9.93. The second-order valence-electron chi connectivity index (χ2n) is 15.1. The summed E-state index contributed by atoms with van der Waals surface area (Å²) >= 11 is 0. The standard InChI is InChI=1S/C44H85N7O4/c1-3-5-6-7-8-9-10-12-15-18-21-24-29-37-51(38-30-25-22-19-16-13-11-14-17-20-23-26-34-41(52)55-4-2)43(54)40(46)32-27-28-35-49-42(53)39(45)33-31-36-50-44(47)48/h8-9,14,17,39-40H,3-7,10-13,15-16,18-38,45-46H2,1-2H3,(H,49,53)(H4,47,48,50)/b9-8-,17-14-. The first-order chi connectivity index (χ1) is 26.7. The van der Waals surface area contributed by atoms with Crippen molar-refractivity contribution in [3.63, 3.8) is 0 Å². The van der Waals surface area contributed by atoms with E-state index >= 15 is 0 Å². The summed E-state index contributed by atoms with van der Waals surface area (Å²) in [4.78, 5) is 39.2. The second kappa shape index (κ2) is 39.3. The molecule has 0 heterocycles. The van der Waals surface area contributed by atoms with Gasteiger partial charge in [0, 0.05) is 32.6 Å². The summed E-state index contributed by atoms with van der Waals surface area (Å²) < 4.78 is 4.97. The van der Waals surface area contributed by atoms with Gasteiger partial charge in [0.1, 0.15) is 0 Å². The molecule has 0 rings (SSSR count). The van der Waals surface area contributed by atoms with E-state index in [1.165, 1.54) is 83.5 Å². The molecule has 0 radical (unpaired) electrons. The van der Waals surface area contributed by atoms with Crippen molar-refractivity contribution < 1.29 is 19.1 Å². The Balaban J connectivity index is 4.45. The van der Waals surface area contributed by atoms with Crippen molar-refractivity contribution in [1.82, 2.24) is 15.5 Å². The number of esters is 1. The van der Waals surface area contributed by atoms with E-state index < -0.39 is 12.1 Å². The molecular formula is C44H85N7O4. The van der Waals surface area contributed by atoms with Crippen LogP contribution >= 0.6 is 0 Å². The van der Waals surface area contributed by atoms with Gasteiger partial charge in [0.15, 0.2) is 5.96 Å². The van der Waals surface area contributed by atoms with Gasteiger partial charge in [0.2, 0.25) is 11.8 Å². The number of carbonyl (C=O) groups is 3. The Morgan fingerprint density at radius 1 is 0.600 bits per heavy atom. The van der Waals surface area contributed by atoms with Crippen LogP contribution in [0.15, 0.2) is 24.3 Å². The molecular weight excluding hydrogens is 691 g/mol. The van der Waals surface area contributed by atoms with Crippen molar-refractivity contribution in [2.24, 2.45) is 17.2 Å². The van der Waals surface area contributed by atoms with Crippen LogP contribution in [0.5, 0.6) is 0 Å². The van der Waals surface area contributed by atoms with Crippen molar-refractivity contribution >= 4 is 23.7 Å². The Morgan fingerprint density at radius 2 is 1.07 bits per heavy atom. The SMILES string of the molecule is CCCCC/C=C\CCCCCCCCN(CCCCCCCC/C=C\CCCCC(=O)OCC)C(=O)C(N)CCCCNC(=O)C(N)CCCNC(=N)N. The van der Waals surface area contributed by atoms with Crippen LogP contribution in [0.25, 0.3) is 0 Å². The highest BCUT2D eigenvalue weighted by molar-refractivity contribution is 5.82. The molecule has 0 saturated carbocycles. The van der Waals surface area contributed by atoms with Gasteiger partial charge in [-0.3, -0.25) is 19.8 Å². The average Bonchev–Trinajstić information content (AvgIpc) is 3.16. The Labute approximate surface area is 336 Å². The molecule has 0 saturated heterocycles. The van der Waals surface area contributed by atoms with Crippen LogP contribution in [-0.2, 0) is 19.1 Å². The molecule has 0 aromatic rings. The summed E-state index contributed by atoms with van der Waals surface area (Å²) in [6, 6.07) is -1.12. The lowest BCUT2D eigenvalue weighted by Gasteiger charge is -2.26. The van der Waals surface area contributed by atoms with Crippen LogP contribution < -0.4 is 27.8 Å². The number of guanidine groups is 1. The number of amides is 2. The van der Waals surface area contributed by atoms with Gasteiger partial charge in [-0.1, -0.05) is 95.4 Å². The Kier molecular flexibility index (Phi) is 37.2. The van der Waals surface area contributed by atoms with Crippen molar-refractivity contribution in [3.8, 4) is 0 Å². The molecule has 0 aliphatic heterocycles. The number of nitrogens with two attached hydrogens (primary N) is 3. The van der Waals surface area contributed by atoms with Gasteiger partial charge in [-0.05, 0) is 110 Å². The maximum Gasteiger partial charge on any atom is 0.305 e. The normalized spacial score (nSPS) is 12.6. The monoisotopic (exact) mass is 776 g/mol. The van der Waals surface area contributed by atoms with Crippen LogP contribution in [0.2, 0.25) is 0 Å². The zero-order chi connectivity index (χ0) is 40.6. The van der Waals surface area contributed by atoms with Gasteiger partial charge in [0.05, 0.1) is 18.7 Å². The van der Waals surface area contributed by atoms with E-state index in [4.69, 9.17) is 27.3 Å². The molecule has 0 aromatic carbocycles. The summed E-state index contributed by atoms with van der Waals surface area (Å²) in [6.45, 7) is 7.11. The summed E-state index contributed by atoms with van der Waals surface area (Å²) in [5.74, 6) is -0.305. The molecule has 0 fully saturated rings. The summed E-state index contributed by atoms with van der Waals surface area (Å²) in [6.07, 6.45) is 37.5. The number of hydrogen-bond donors (Lipinski definition) is 6. The van der Waals surface area contributed by atoms with E-state index in [-0.39, 0.29) is 23.7 Å². The molecule has 11 heteroatoms. The van der Waals surface area contributed by atoms with Crippen molar-refractivity contribution in [1.29, 1.82) is 5.41 Å². The van der Waals surface area contributed by atoms with Crippen molar-refractivity contribution in [3.05, 3.63) is 24.3 Å². The Bertz CT molecular complexity index is 1010. The van der Waals surface area contributed by atoms with Crippen LogP contribution in [-0.4, -0.2) is 73.5 Å². The maximum absolute atomic E-state index is 13.5. The largest absolute Gasteiger partial charge is 0.466 e. The van der Waals surface area contributed by atoms with Crippen LogP contribution in [0, 0.1) is 5.41 Å². The lowest BCUT2D eigenvalue weighted by Crippen LogP contribution is -2.44. The lowest BCUT2D eigenvalue weighted by molar-refractivity contribution is -0.143. The number of allylic oxidation sites excluding steroid dienone is 4. The first-order valence-corrected chi connectivity index (χ1v) is 22.3. The minimum atomic E-state index is -0.595. The third-order valence-corrected chi connectivity index (χ3v) is 9.93. The second-order valence-corrected chi connectivity index (χ2v) is 15.1. The number of unbranched alkanes of at least 4 members (excludes halogenated alkanes) is 18. The summed E-state index contributed by atoms with van der Waals surface area (Å²) in [7, 11) is 0. The molecule has 0 bridgehead atoms. The quantitative estimate of drug-likeness (QED) is 0.0118. The smallest absolute Gasteiger partial charge is 0.305 e. The van der Waals surface area contributed by atoms with Gasteiger partial charge in [-0.2, -0.15) is 0 Å². The molecule has 2 unspecified atom stereocenters. The summed E-state index contributed by atoms with van der Waals surface area (Å²) in [5, 5.41) is 12.8. The molecule has 0 aliphatic carbocycles. The predicted octanol–water partition coefficient (Wildman–Crippen LogP) is 8.30. The molecule has 11 nitrogen and oxygen atoms in total. The molecule has 0 spiro atoms. The third kappa shape index (κ3) is 35.3. The fraction of sp³-hybridized carbons (Fsp3) is 0.818. The Morgan fingerprint density at radius 3 is 1.60 bits per heavy atom. The van der Waals surface area contributed by atoms with Crippen molar-refractivity contribution in [2.75, 3.05) is 32.8 Å². The number of hydrogen-bond acceptors (Lipinski definition) is 7. The van der Waals surface area contributed by atoms with Crippen LogP contribution in [0.3, 0.4) is 0 Å².